The number of hydrogen-bond acceptors (Lipinski definition) is 5. The highest BCUT2D eigenvalue weighted by atomic mass is 32.2. The maximum absolute atomic E-state index is 12.5. The van der Waals surface area contributed by atoms with Gasteiger partial charge in [0, 0.05) is 11.6 Å². The van der Waals surface area contributed by atoms with E-state index in [4.69, 9.17) is 4.42 Å². The van der Waals surface area contributed by atoms with Gasteiger partial charge in [-0.1, -0.05) is 48.2 Å². The quantitative estimate of drug-likeness (QED) is 0.783. The summed E-state index contributed by atoms with van der Waals surface area (Å²) in [5.74, 6) is 0.226. The van der Waals surface area contributed by atoms with Crippen molar-refractivity contribution in [2.24, 2.45) is 0 Å². The Hall–Kier alpha value is -2.86. The van der Waals surface area contributed by atoms with E-state index in [1.807, 2.05) is 36.4 Å². The van der Waals surface area contributed by atoms with Gasteiger partial charge < -0.3 is 4.42 Å². The summed E-state index contributed by atoms with van der Waals surface area (Å²) in [5, 5.41) is 1.94. The maximum Gasteiger partial charge on any atom is 0.286 e. The molecule has 3 aromatic rings. The lowest BCUT2D eigenvalue weighted by Crippen LogP contribution is -2.25. The number of thioether (sulfide) groups is 1. The van der Waals surface area contributed by atoms with Gasteiger partial charge >= 0.3 is 0 Å². The lowest BCUT2D eigenvalue weighted by molar-refractivity contribution is -0.118. The van der Waals surface area contributed by atoms with E-state index in [-0.39, 0.29) is 16.6 Å². The minimum atomic E-state index is -0.458. The van der Waals surface area contributed by atoms with Gasteiger partial charge in [0.2, 0.25) is 5.91 Å². The van der Waals surface area contributed by atoms with Crippen LogP contribution in [0, 0.1) is 0 Å². The molecule has 1 aromatic heterocycles. The summed E-state index contributed by atoms with van der Waals surface area (Å²) in [6.45, 7) is 0. The number of imide groups is 1. The first-order valence-electron chi connectivity index (χ1n) is 7.74. The van der Waals surface area contributed by atoms with E-state index in [1.165, 1.54) is 6.07 Å². The van der Waals surface area contributed by atoms with Crippen LogP contribution in [-0.4, -0.2) is 16.4 Å². The van der Waals surface area contributed by atoms with E-state index in [0.717, 1.165) is 22.9 Å². The number of amides is 2. The van der Waals surface area contributed by atoms with Crippen LogP contribution in [0.5, 0.6) is 0 Å². The molecular formula is C19H13NO4S. The minimum absolute atomic E-state index is 0.137. The first-order valence-corrected chi connectivity index (χ1v) is 8.62. The lowest BCUT2D eigenvalue weighted by Gasteiger charge is -2.07. The molecule has 2 aromatic carbocycles. The molecule has 0 saturated carbocycles. The van der Waals surface area contributed by atoms with Crippen LogP contribution in [0.2, 0.25) is 0 Å². The Balaban J connectivity index is 1.70. The maximum atomic E-state index is 12.5. The Morgan fingerprint density at radius 3 is 2.52 bits per heavy atom. The highest BCUT2D eigenvalue weighted by Gasteiger charge is 2.31. The fourth-order valence-corrected chi connectivity index (χ4v) is 3.68. The fourth-order valence-electron chi connectivity index (χ4n) is 2.82. The first-order chi connectivity index (χ1) is 12.1. The van der Waals surface area contributed by atoms with Crippen LogP contribution in [-0.2, 0) is 11.2 Å². The van der Waals surface area contributed by atoms with Crippen molar-refractivity contribution in [3.63, 3.8) is 0 Å². The molecular weight excluding hydrogens is 338 g/mol. The van der Waals surface area contributed by atoms with Crippen LogP contribution >= 0.6 is 11.8 Å². The smallest absolute Gasteiger partial charge is 0.286 e. The van der Waals surface area contributed by atoms with Gasteiger partial charge in [-0.2, -0.15) is 0 Å². The Morgan fingerprint density at radius 1 is 1.00 bits per heavy atom. The molecule has 0 bridgehead atoms. The van der Waals surface area contributed by atoms with Gasteiger partial charge in [-0.15, -0.1) is 0 Å². The molecule has 1 aliphatic rings. The molecule has 5 nitrogen and oxygen atoms in total. The molecule has 1 aliphatic heterocycles. The molecule has 1 unspecified atom stereocenters. The van der Waals surface area contributed by atoms with E-state index in [1.54, 1.807) is 12.1 Å². The summed E-state index contributed by atoms with van der Waals surface area (Å²) in [4.78, 5) is 35.4. The van der Waals surface area contributed by atoms with Crippen LogP contribution in [0.15, 0.2) is 63.8 Å². The van der Waals surface area contributed by atoms with Crippen molar-refractivity contribution in [2.45, 2.75) is 11.7 Å². The van der Waals surface area contributed by atoms with Crippen molar-refractivity contribution in [1.82, 2.24) is 5.32 Å². The zero-order chi connectivity index (χ0) is 17.4. The van der Waals surface area contributed by atoms with Crippen molar-refractivity contribution in [3.8, 4) is 11.3 Å². The van der Waals surface area contributed by atoms with Crippen LogP contribution in [0.25, 0.3) is 22.3 Å². The largest absolute Gasteiger partial charge is 0.456 e. The minimum Gasteiger partial charge on any atom is -0.456 e. The molecule has 0 aliphatic carbocycles. The normalized spacial score (nSPS) is 17.0. The SMILES string of the molecule is O=C1NC(=O)C(Cc2ccc3oc(-c4ccccc4)cc(=O)c3c2)S1. The summed E-state index contributed by atoms with van der Waals surface area (Å²) < 4.78 is 5.85. The van der Waals surface area contributed by atoms with Crippen LogP contribution in [0.4, 0.5) is 4.79 Å². The highest BCUT2D eigenvalue weighted by molar-refractivity contribution is 8.15. The van der Waals surface area contributed by atoms with E-state index in [2.05, 4.69) is 5.32 Å². The van der Waals surface area contributed by atoms with Gasteiger partial charge in [0.05, 0.1) is 10.6 Å². The average molecular weight is 351 g/mol. The molecule has 2 amide bonds. The fraction of sp³-hybridized carbons (Fsp3) is 0.105. The number of rotatable bonds is 3. The molecule has 25 heavy (non-hydrogen) atoms. The number of carbonyl (C=O) groups excluding carboxylic acids is 2. The van der Waals surface area contributed by atoms with Gasteiger partial charge in [-0.25, -0.2) is 0 Å². The second kappa shape index (κ2) is 6.22. The number of fused-ring (bicyclic) bond motifs is 1. The first kappa shape index (κ1) is 15.7. The molecule has 0 spiro atoms. The number of hydrogen-bond donors (Lipinski definition) is 1. The van der Waals surface area contributed by atoms with Crippen molar-refractivity contribution in [3.05, 3.63) is 70.4 Å². The third kappa shape index (κ3) is 3.08. The van der Waals surface area contributed by atoms with Crippen molar-refractivity contribution in [1.29, 1.82) is 0 Å². The molecule has 0 radical (unpaired) electrons. The third-order valence-corrected chi connectivity index (χ3v) is 5.02. The number of nitrogens with one attached hydrogen (secondary N) is 1. The molecule has 124 valence electrons. The van der Waals surface area contributed by atoms with Gasteiger partial charge in [-0.3, -0.25) is 19.7 Å². The van der Waals surface area contributed by atoms with Crippen molar-refractivity contribution >= 4 is 33.9 Å². The summed E-state index contributed by atoms with van der Waals surface area (Å²) in [5.41, 5.74) is 2.01. The van der Waals surface area contributed by atoms with Gasteiger partial charge in [-0.05, 0) is 24.1 Å². The predicted octanol–water partition coefficient (Wildman–Crippen LogP) is 3.35. The topological polar surface area (TPSA) is 76.4 Å². The summed E-state index contributed by atoms with van der Waals surface area (Å²) in [6, 6.07) is 16.2. The predicted molar refractivity (Wildman–Crippen MR) is 96.5 cm³/mol. The van der Waals surface area contributed by atoms with E-state index in [0.29, 0.717) is 23.2 Å². The number of benzene rings is 2. The Kier molecular flexibility index (Phi) is 3.89. The monoisotopic (exact) mass is 351 g/mol. The third-order valence-electron chi connectivity index (χ3n) is 4.04. The molecule has 6 heteroatoms. The van der Waals surface area contributed by atoms with Crippen LogP contribution in [0.1, 0.15) is 5.56 Å². The molecule has 1 N–H and O–H groups in total. The molecule has 1 atom stereocenters. The summed E-state index contributed by atoms with van der Waals surface area (Å²) >= 11 is 0.977. The number of carbonyl (C=O) groups is 2. The van der Waals surface area contributed by atoms with Crippen LogP contribution < -0.4 is 10.7 Å². The molecule has 1 fully saturated rings. The van der Waals surface area contributed by atoms with Crippen molar-refractivity contribution in [2.75, 3.05) is 0 Å². The van der Waals surface area contributed by atoms with E-state index in [9.17, 15) is 14.4 Å². The van der Waals surface area contributed by atoms with Crippen molar-refractivity contribution < 1.29 is 14.0 Å². The summed E-state index contributed by atoms with van der Waals surface area (Å²) in [6.07, 6.45) is 0.387. The molecule has 4 rings (SSSR count). The Labute approximate surface area is 147 Å². The molecule has 1 saturated heterocycles. The van der Waals surface area contributed by atoms with Gasteiger partial charge in [0.15, 0.2) is 5.43 Å². The second-order valence-electron chi connectivity index (χ2n) is 5.76. The average Bonchev–Trinajstić information content (AvgIpc) is 2.93. The van der Waals surface area contributed by atoms with E-state index < -0.39 is 5.25 Å². The zero-order valence-corrected chi connectivity index (χ0v) is 13.8. The standard InChI is InChI=1S/C19H13NO4S/c21-14-10-16(12-4-2-1-3-5-12)24-15-7-6-11(8-13(14)15)9-17-18(22)20-19(23)25-17/h1-8,10,17H,9H2,(H,20,22,23). The lowest BCUT2D eigenvalue weighted by atomic mass is 10.1. The Morgan fingerprint density at radius 2 is 1.80 bits per heavy atom. The second-order valence-corrected chi connectivity index (χ2v) is 6.93. The Bertz CT molecular complexity index is 1040. The van der Waals surface area contributed by atoms with Gasteiger partial charge in [0.1, 0.15) is 11.3 Å². The summed E-state index contributed by atoms with van der Waals surface area (Å²) in [7, 11) is 0. The van der Waals surface area contributed by atoms with E-state index >= 15 is 0 Å². The van der Waals surface area contributed by atoms with Gasteiger partial charge in [0.25, 0.3) is 5.24 Å². The highest BCUT2D eigenvalue weighted by Crippen LogP contribution is 2.26. The van der Waals surface area contributed by atoms with Crippen LogP contribution in [0.3, 0.4) is 0 Å². The zero-order valence-electron chi connectivity index (χ0n) is 13.0. The molecule has 2 heterocycles.